The highest BCUT2D eigenvalue weighted by atomic mass is 79.9. The maximum Gasteiger partial charge on any atom is 0.147 e. The van der Waals surface area contributed by atoms with Crippen molar-refractivity contribution < 1.29 is 13.2 Å². The first-order valence-electron chi connectivity index (χ1n) is 4.57. The van der Waals surface area contributed by atoms with E-state index in [1.807, 2.05) is 0 Å². The van der Waals surface area contributed by atoms with E-state index in [0.29, 0.717) is 12.3 Å². The molecule has 0 saturated heterocycles. The molecule has 0 aliphatic carbocycles. The minimum atomic E-state index is -0.514. The molecule has 16 heavy (non-hydrogen) atoms. The molecule has 1 heterocycles. The molecule has 1 aromatic carbocycles. The summed E-state index contributed by atoms with van der Waals surface area (Å²) in [5.74, 6) is -0.370. The number of nitrogens with one attached hydrogen (secondary N) is 1. The van der Waals surface area contributed by atoms with Gasteiger partial charge in [-0.2, -0.15) is 0 Å². The minimum absolute atomic E-state index is 0.105. The van der Waals surface area contributed by atoms with Gasteiger partial charge in [0.25, 0.3) is 0 Å². The minimum Gasteiger partial charge on any atom is -0.467 e. The van der Waals surface area contributed by atoms with Crippen molar-refractivity contribution in [2.24, 2.45) is 0 Å². The Morgan fingerprint density at radius 3 is 2.75 bits per heavy atom. The molecule has 2 nitrogen and oxygen atoms in total. The molecule has 0 aliphatic rings. The first-order valence-corrected chi connectivity index (χ1v) is 5.37. The smallest absolute Gasteiger partial charge is 0.147 e. The van der Waals surface area contributed by atoms with E-state index in [2.05, 4.69) is 21.2 Å². The molecule has 0 amide bonds. The first-order chi connectivity index (χ1) is 7.66. The molecule has 0 atom stereocenters. The lowest BCUT2D eigenvalue weighted by Crippen LogP contribution is -2.01. The molecule has 0 bridgehead atoms. The summed E-state index contributed by atoms with van der Waals surface area (Å²) in [7, 11) is 0. The summed E-state index contributed by atoms with van der Waals surface area (Å²) >= 11 is 2.91. The van der Waals surface area contributed by atoms with E-state index < -0.39 is 11.6 Å². The number of benzene rings is 1. The Balaban J connectivity index is 2.12. The van der Waals surface area contributed by atoms with E-state index in [0.717, 1.165) is 12.1 Å². The van der Waals surface area contributed by atoms with Crippen molar-refractivity contribution >= 4 is 21.6 Å². The van der Waals surface area contributed by atoms with Crippen molar-refractivity contribution in [1.82, 2.24) is 0 Å². The van der Waals surface area contributed by atoms with E-state index in [9.17, 15) is 8.78 Å². The van der Waals surface area contributed by atoms with Crippen LogP contribution in [0.2, 0.25) is 0 Å². The Morgan fingerprint density at radius 1 is 1.25 bits per heavy atom. The van der Waals surface area contributed by atoms with Gasteiger partial charge in [0.15, 0.2) is 0 Å². The van der Waals surface area contributed by atoms with E-state index in [-0.39, 0.29) is 10.2 Å². The fourth-order valence-corrected chi connectivity index (χ4v) is 1.57. The summed E-state index contributed by atoms with van der Waals surface area (Å²) in [4.78, 5) is 0. The standard InChI is InChI=1S/C11H8BrF2NO/c12-8-4-10(14)11(5-9(8)13)15-6-7-2-1-3-16-7/h1-5,15H,6H2. The van der Waals surface area contributed by atoms with Crippen LogP contribution >= 0.6 is 15.9 Å². The summed E-state index contributed by atoms with van der Waals surface area (Å²) in [6, 6.07) is 5.66. The molecule has 2 rings (SSSR count). The van der Waals surface area contributed by atoms with Crippen LogP contribution in [0.4, 0.5) is 14.5 Å². The van der Waals surface area contributed by atoms with E-state index in [1.54, 1.807) is 12.1 Å². The van der Waals surface area contributed by atoms with Crippen LogP contribution in [0.3, 0.4) is 0 Å². The Bertz CT molecular complexity index is 485. The number of hydrogen-bond donors (Lipinski definition) is 1. The van der Waals surface area contributed by atoms with Gasteiger partial charge in [0.05, 0.1) is 23.0 Å². The zero-order chi connectivity index (χ0) is 11.5. The molecular formula is C11H8BrF2NO. The molecule has 1 aromatic heterocycles. The monoisotopic (exact) mass is 287 g/mol. The van der Waals surface area contributed by atoms with E-state index >= 15 is 0 Å². The SMILES string of the molecule is Fc1cc(NCc2ccco2)c(F)cc1Br. The van der Waals surface area contributed by atoms with Gasteiger partial charge in [-0.3, -0.25) is 0 Å². The average Bonchev–Trinajstić information content (AvgIpc) is 2.74. The van der Waals surface area contributed by atoms with Gasteiger partial charge in [-0.25, -0.2) is 8.78 Å². The quantitative estimate of drug-likeness (QED) is 0.866. The third kappa shape index (κ3) is 2.41. The molecule has 0 spiro atoms. The molecule has 0 fully saturated rings. The summed E-state index contributed by atoms with van der Waals surface area (Å²) in [5.41, 5.74) is 0.108. The molecule has 1 N–H and O–H groups in total. The van der Waals surface area contributed by atoms with Gasteiger partial charge in [-0.05, 0) is 34.1 Å². The van der Waals surface area contributed by atoms with Gasteiger partial charge in [-0.15, -0.1) is 0 Å². The molecule has 5 heteroatoms. The average molecular weight is 288 g/mol. The second-order valence-electron chi connectivity index (χ2n) is 3.18. The topological polar surface area (TPSA) is 25.2 Å². The zero-order valence-corrected chi connectivity index (χ0v) is 9.72. The van der Waals surface area contributed by atoms with Crippen LogP contribution in [0.1, 0.15) is 5.76 Å². The van der Waals surface area contributed by atoms with Crippen LogP contribution in [0.15, 0.2) is 39.4 Å². The summed E-state index contributed by atoms with van der Waals surface area (Å²) in [5, 5.41) is 2.75. The molecule has 2 aromatic rings. The number of anilines is 1. The molecule has 84 valence electrons. The largest absolute Gasteiger partial charge is 0.467 e. The number of halogens is 3. The van der Waals surface area contributed by atoms with Crippen molar-refractivity contribution in [2.45, 2.75) is 6.54 Å². The third-order valence-electron chi connectivity index (χ3n) is 2.04. The van der Waals surface area contributed by atoms with Crippen molar-refractivity contribution in [3.05, 3.63) is 52.4 Å². The normalized spacial score (nSPS) is 10.4. The highest BCUT2D eigenvalue weighted by molar-refractivity contribution is 9.10. The number of rotatable bonds is 3. The second kappa shape index (κ2) is 4.65. The summed E-state index contributed by atoms with van der Waals surface area (Å²) in [6.45, 7) is 0.311. The van der Waals surface area contributed by atoms with Crippen LogP contribution in [0, 0.1) is 11.6 Å². The Morgan fingerprint density at radius 2 is 2.06 bits per heavy atom. The highest BCUT2D eigenvalue weighted by Gasteiger charge is 2.08. The highest BCUT2D eigenvalue weighted by Crippen LogP contribution is 2.23. The van der Waals surface area contributed by atoms with Crippen molar-refractivity contribution in [2.75, 3.05) is 5.32 Å². The fraction of sp³-hybridized carbons (Fsp3) is 0.0909. The maximum absolute atomic E-state index is 13.4. The van der Waals surface area contributed by atoms with Crippen molar-refractivity contribution in [1.29, 1.82) is 0 Å². The lowest BCUT2D eigenvalue weighted by atomic mass is 10.3. The maximum atomic E-state index is 13.4. The van der Waals surface area contributed by atoms with Crippen LogP contribution in [0.5, 0.6) is 0 Å². The molecule has 0 saturated carbocycles. The number of furan rings is 1. The van der Waals surface area contributed by atoms with Crippen LogP contribution in [-0.4, -0.2) is 0 Å². The van der Waals surface area contributed by atoms with Gasteiger partial charge in [0, 0.05) is 6.07 Å². The molecule has 0 aliphatic heterocycles. The lowest BCUT2D eigenvalue weighted by molar-refractivity contribution is 0.517. The molecular weight excluding hydrogens is 280 g/mol. The van der Waals surface area contributed by atoms with Crippen molar-refractivity contribution in [3.63, 3.8) is 0 Å². The molecule has 0 unspecified atom stereocenters. The van der Waals surface area contributed by atoms with Crippen LogP contribution in [0.25, 0.3) is 0 Å². The van der Waals surface area contributed by atoms with E-state index in [1.165, 1.54) is 6.26 Å². The Hall–Kier alpha value is -1.36. The molecule has 0 radical (unpaired) electrons. The number of hydrogen-bond acceptors (Lipinski definition) is 2. The predicted octanol–water partition coefficient (Wildman–Crippen LogP) is 3.93. The summed E-state index contributed by atoms with van der Waals surface area (Å²) < 4.78 is 31.7. The Labute approximate surface area is 99.4 Å². The van der Waals surface area contributed by atoms with Crippen molar-refractivity contribution in [3.8, 4) is 0 Å². The Kier molecular flexibility index (Phi) is 3.24. The first kappa shape index (κ1) is 11.1. The van der Waals surface area contributed by atoms with Crippen LogP contribution in [-0.2, 0) is 6.54 Å². The second-order valence-corrected chi connectivity index (χ2v) is 4.03. The predicted molar refractivity (Wildman–Crippen MR) is 60.1 cm³/mol. The van der Waals surface area contributed by atoms with Gasteiger partial charge < -0.3 is 9.73 Å². The lowest BCUT2D eigenvalue weighted by Gasteiger charge is -2.06. The zero-order valence-electron chi connectivity index (χ0n) is 8.14. The fourth-order valence-electron chi connectivity index (χ4n) is 1.25. The van der Waals surface area contributed by atoms with Gasteiger partial charge >= 0.3 is 0 Å². The van der Waals surface area contributed by atoms with Gasteiger partial charge in [-0.1, -0.05) is 0 Å². The van der Waals surface area contributed by atoms with Crippen LogP contribution < -0.4 is 5.32 Å². The summed E-state index contributed by atoms with van der Waals surface area (Å²) in [6.07, 6.45) is 1.52. The van der Waals surface area contributed by atoms with E-state index in [4.69, 9.17) is 4.42 Å². The van der Waals surface area contributed by atoms with Gasteiger partial charge in [0.1, 0.15) is 17.4 Å². The van der Waals surface area contributed by atoms with Gasteiger partial charge in [0.2, 0.25) is 0 Å². The third-order valence-corrected chi connectivity index (χ3v) is 2.65.